The standard InChI is InChI=1S/C12H15NO2/c1-14-8-2-3-9-10(6-8)15-7-12(4-5-12)11(9)13/h2-3,6,11H,4-5,7,13H2,1H3. The maximum Gasteiger partial charge on any atom is 0.127 e. The molecule has 0 aromatic heterocycles. The molecule has 1 spiro atoms. The Morgan fingerprint density at radius 1 is 1.47 bits per heavy atom. The summed E-state index contributed by atoms with van der Waals surface area (Å²) < 4.78 is 10.9. The van der Waals surface area contributed by atoms with Crippen LogP contribution in [0, 0.1) is 5.41 Å². The molecule has 80 valence electrons. The Morgan fingerprint density at radius 3 is 2.93 bits per heavy atom. The zero-order valence-corrected chi connectivity index (χ0v) is 8.82. The summed E-state index contributed by atoms with van der Waals surface area (Å²) in [4.78, 5) is 0. The first kappa shape index (κ1) is 9.04. The minimum atomic E-state index is 0.132. The highest BCUT2D eigenvalue weighted by Crippen LogP contribution is 2.57. The van der Waals surface area contributed by atoms with Gasteiger partial charge in [0.05, 0.1) is 13.7 Å². The first-order chi connectivity index (χ1) is 7.25. The van der Waals surface area contributed by atoms with E-state index in [2.05, 4.69) is 0 Å². The van der Waals surface area contributed by atoms with E-state index in [1.54, 1.807) is 7.11 Å². The molecule has 1 aromatic rings. The lowest BCUT2D eigenvalue weighted by atomic mass is 9.89. The maximum atomic E-state index is 6.26. The second-order valence-corrected chi connectivity index (χ2v) is 4.53. The number of nitrogens with two attached hydrogens (primary N) is 1. The van der Waals surface area contributed by atoms with E-state index in [9.17, 15) is 0 Å². The summed E-state index contributed by atoms with van der Waals surface area (Å²) in [6.45, 7) is 0.758. The second kappa shape index (κ2) is 2.89. The molecule has 2 N–H and O–H groups in total. The summed E-state index contributed by atoms with van der Waals surface area (Å²) in [6.07, 6.45) is 2.39. The Bertz CT molecular complexity index is 399. The number of fused-ring (bicyclic) bond motifs is 1. The molecule has 1 fully saturated rings. The van der Waals surface area contributed by atoms with Crippen molar-refractivity contribution in [1.29, 1.82) is 0 Å². The summed E-state index contributed by atoms with van der Waals surface area (Å²) in [5.41, 5.74) is 7.62. The molecule has 0 bridgehead atoms. The fourth-order valence-electron chi connectivity index (χ4n) is 2.28. The van der Waals surface area contributed by atoms with Crippen molar-refractivity contribution in [1.82, 2.24) is 0 Å². The molecule has 3 nitrogen and oxygen atoms in total. The normalized spacial score (nSPS) is 25.6. The van der Waals surface area contributed by atoms with Crippen LogP contribution in [0.15, 0.2) is 18.2 Å². The van der Waals surface area contributed by atoms with Gasteiger partial charge in [-0.2, -0.15) is 0 Å². The Hall–Kier alpha value is -1.22. The molecule has 1 aliphatic carbocycles. The average molecular weight is 205 g/mol. The van der Waals surface area contributed by atoms with Gasteiger partial charge < -0.3 is 15.2 Å². The highest BCUT2D eigenvalue weighted by Gasteiger charge is 2.52. The van der Waals surface area contributed by atoms with Crippen LogP contribution in [-0.2, 0) is 0 Å². The van der Waals surface area contributed by atoms with Gasteiger partial charge in [0, 0.05) is 23.1 Å². The predicted octanol–water partition coefficient (Wildman–Crippen LogP) is 1.87. The van der Waals surface area contributed by atoms with Crippen molar-refractivity contribution in [2.45, 2.75) is 18.9 Å². The van der Waals surface area contributed by atoms with Gasteiger partial charge in [0.1, 0.15) is 11.5 Å². The van der Waals surface area contributed by atoms with Crippen LogP contribution in [0.3, 0.4) is 0 Å². The largest absolute Gasteiger partial charge is 0.497 e. The van der Waals surface area contributed by atoms with Gasteiger partial charge in [-0.1, -0.05) is 6.07 Å². The molecule has 1 aliphatic heterocycles. The highest BCUT2D eigenvalue weighted by atomic mass is 16.5. The van der Waals surface area contributed by atoms with Crippen LogP contribution in [0.25, 0.3) is 0 Å². The third-order valence-electron chi connectivity index (χ3n) is 3.62. The summed E-state index contributed by atoms with van der Waals surface area (Å²) in [5, 5.41) is 0. The van der Waals surface area contributed by atoms with E-state index in [1.807, 2.05) is 18.2 Å². The quantitative estimate of drug-likeness (QED) is 0.761. The first-order valence-electron chi connectivity index (χ1n) is 5.31. The van der Waals surface area contributed by atoms with Crippen LogP contribution in [0.1, 0.15) is 24.4 Å². The number of methoxy groups -OCH3 is 1. The monoisotopic (exact) mass is 205 g/mol. The minimum absolute atomic E-state index is 0.132. The summed E-state index contributed by atoms with van der Waals surface area (Å²) in [6, 6.07) is 6.03. The summed E-state index contributed by atoms with van der Waals surface area (Å²) in [5.74, 6) is 1.71. The molecule has 1 aromatic carbocycles. The smallest absolute Gasteiger partial charge is 0.127 e. The molecule has 0 radical (unpaired) electrons. The topological polar surface area (TPSA) is 44.5 Å². The first-order valence-corrected chi connectivity index (χ1v) is 5.31. The van der Waals surface area contributed by atoms with Crippen molar-refractivity contribution in [3.63, 3.8) is 0 Å². The van der Waals surface area contributed by atoms with Gasteiger partial charge in [-0.3, -0.25) is 0 Å². The third kappa shape index (κ3) is 1.23. The number of hydrogen-bond donors (Lipinski definition) is 1. The summed E-state index contributed by atoms with van der Waals surface area (Å²) in [7, 11) is 1.66. The van der Waals surface area contributed by atoms with Crippen molar-refractivity contribution >= 4 is 0 Å². The van der Waals surface area contributed by atoms with E-state index in [0.29, 0.717) is 0 Å². The summed E-state index contributed by atoms with van der Waals surface area (Å²) >= 11 is 0. The van der Waals surface area contributed by atoms with E-state index >= 15 is 0 Å². The molecule has 1 atom stereocenters. The Balaban J connectivity index is 2.01. The van der Waals surface area contributed by atoms with E-state index in [-0.39, 0.29) is 11.5 Å². The van der Waals surface area contributed by atoms with Crippen molar-refractivity contribution < 1.29 is 9.47 Å². The molecule has 2 aliphatic rings. The lowest BCUT2D eigenvalue weighted by Crippen LogP contribution is -2.32. The van der Waals surface area contributed by atoms with E-state index in [0.717, 1.165) is 23.7 Å². The zero-order valence-electron chi connectivity index (χ0n) is 8.82. The van der Waals surface area contributed by atoms with E-state index in [4.69, 9.17) is 15.2 Å². The molecule has 0 amide bonds. The molecular formula is C12H15NO2. The van der Waals surface area contributed by atoms with Crippen molar-refractivity contribution in [2.75, 3.05) is 13.7 Å². The Morgan fingerprint density at radius 2 is 2.27 bits per heavy atom. The van der Waals surface area contributed by atoms with Crippen LogP contribution >= 0.6 is 0 Å². The highest BCUT2D eigenvalue weighted by molar-refractivity contribution is 5.45. The Labute approximate surface area is 89.2 Å². The molecule has 1 saturated carbocycles. The average Bonchev–Trinajstić information content (AvgIpc) is 3.05. The van der Waals surface area contributed by atoms with Crippen molar-refractivity contribution in [3.8, 4) is 11.5 Å². The molecule has 3 rings (SSSR count). The maximum absolute atomic E-state index is 6.26. The lowest BCUT2D eigenvalue weighted by Gasteiger charge is -2.31. The third-order valence-corrected chi connectivity index (χ3v) is 3.62. The van der Waals surface area contributed by atoms with Crippen molar-refractivity contribution in [3.05, 3.63) is 23.8 Å². The van der Waals surface area contributed by atoms with Crippen LogP contribution < -0.4 is 15.2 Å². The lowest BCUT2D eigenvalue weighted by molar-refractivity contribution is 0.176. The molecule has 1 unspecified atom stereocenters. The minimum Gasteiger partial charge on any atom is -0.497 e. The fourth-order valence-corrected chi connectivity index (χ4v) is 2.28. The van der Waals surface area contributed by atoms with Gasteiger partial charge >= 0.3 is 0 Å². The number of hydrogen-bond acceptors (Lipinski definition) is 3. The zero-order chi connectivity index (χ0) is 10.5. The molecule has 1 heterocycles. The van der Waals surface area contributed by atoms with Crippen LogP contribution in [0.5, 0.6) is 11.5 Å². The van der Waals surface area contributed by atoms with Gasteiger partial charge in [0.25, 0.3) is 0 Å². The Kier molecular flexibility index (Phi) is 1.74. The fraction of sp³-hybridized carbons (Fsp3) is 0.500. The molecule has 3 heteroatoms. The number of benzene rings is 1. The van der Waals surface area contributed by atoms with Gasteiger partial charge in [-0.05, 0) is 18.9 Å². The predicted molar refractivity (Wildman–Crippen MR) is 57.1 cm³/mol. The SMILES string of the molecule is COc1ccc2c(c1)OCC1(CC1)C2N. The number of rotatable bonds is 1. The van der Waals surface area contributed by atoms with Crippen LogP contribution in [0.2, 0.25) is 0 Å². The number of ether oxygens (including phenoxy) is 2. The van der Waals surface area contributed by atoms with Gasteiger partial charge in [0.2, 0.25) is 0 Å². The van der Waals surface area contributed by atoms with Gasteiger partial charge in [0.15, 0.2) is 0 Å². The van der Waals surface area contributed by atoms with Crippen LogP contribution in [0.4, 0.5) is 0 Å². The molecule has 0 saturated heterocycles. The second-order valence-electron chi connectivity index (χ2n) is 4.53. The molecule has 15 heavy (non-hydrogen) atoms. The van der Waals surface area contributed by atoms with Crippen molar-refractivity contribution in [2.24, 2.45) is 11.1 Å². The van der Waals surface area contributed by atoms with Gasteiger partial charge in [-0.25, -0.2) is 0 Å². The van der Waals surface area contributed by atoms with E-state index in [1.165, 1.54) is 12.8 Å². The van der Waals surface area contributed by atoms with Gasteiger partial charge in [-0.15, -0.1) is 0 Å². The van der Waals surface area contributed by atoms with E-state index < -0.39 is 0 Å². The van der Waals surface area contributed by atoms with Crippen LogP contribution in [-0.4, -0.2) is 13.7 Å². The molecular weight excluding hydrogens is 190 g/mol.